The van der Waals surface area contributed by atoms with Gasteiger partial charge in [-0.05, 0) is 32.1 Å². The molecular formula is C13H21NO3. The number of nitrogens with zero attached hydrogens (tertiary/aromatic N) is 1. The SMILES string of the molecule is COC(=O)C1CCC(=O)N1C(C)C1CCCC1. The van der Waals surface area contributed by atoms with Crippen molar-refractivity contribution >= 4 is 11.9 Å². The molecule has 0 spiro atoms. The molecular weight excluding hydrogens is 218 g/mol. The van der Waals surface area contributed by atoms with Crippen molar-refractivity contribution in [3.8, 4) is 0 Å². The van der Waals surface area contributed by atoms with Gasteiger partial charge in [0, 0.05) is 12.5 Å². The molecule has 1 aliphatic carbocycles. The van der Waals surface area contributed by atoms with E-state index in [9.17, 15) is 9.59 Å². The van der Waals surface area contributed by atoms with Crippen LogP contribution in [0, 0.1) is 5.92 Å². The van der Waals surface area contributed by atoms with Crippen molar-refractivity contribution in [1.29, 1.82) is 0 Å². The van der Waals surface area contributed by atoms with Crippen molar-refractivity contribution in [3.63, 3.8) is 0 Å². The van der Waals surface area contributed by atoms with E-state index in [4.69, 9.17) is 4.74 Å². The van der Waals surface area contributed by atoms with Gasteiger partial charge >= 0.3 is 5.97 Å². The summed E-state index contributed by atoms with van der Waals surface area (Å²) in [7, 11) is 1.39. The fourth-order valence-corrected chi connectivity index (χ4v) is 3.25. The Morgan fingerprint density at radius 1 is 1.35 bits per heavy atom. The Bertz CT molecular complexity index is 310. The number of likely N-dealkylation sites (tertiary alicyclic amines) is 1. The van der Waals surface area contributed by atoms with Gasteiger partial charge in [0.25, 0.3) is 0 Å². The van der Waals surface area contributed by atoms with Crippen LogP contribution in [0.2, 0.25) is 0 Å². The van der Waals surface area contributed by atoms with Crippen LogP contribution in [0.5, 0.6) is 0 Å². The summed E-state index contributed by atoms with van der Waals surface area (Å²) in [5, 5.41) is 0. The Kier molecular flexibility index (Phi) is 3.69. The average molecular weight is 239 g/mol. The molecule has 0 aromatic heterocycles. The van der Waals surface area contributed by atoms with E-state index in [1.807, 2.05) is 0 Å². The number of methoxy groups -OCH3 is 1. The lowest BCUT2D eigenvalue weighted by Crippen LogP contribution is -2.47. The highest BCUT2D eigenvalue weighted by Gasteiger charge is 2.41. The van der Waals surface area contributed by atoms with Crippen LogP contribution in [0.1, 0.15) is 45.4 Å². The molecule has 1 heterocycles. The summed E-state index contributed by atoms with van der Waals surface area (Å²) in [6.45, 7) is 2.08. The maximum atomic E-state index is 11.9. The van der Waals surface area contributed by atoms with Crippen LogP contribution in [-0.2, 0) is 14.3 Å². The first-order valence-corrected chi connectivity index (χ1v) is 6.54. The normalized spacial score (nSPS) is 27.5. The van der Waals surface area contributed by atoms with Gasteiger partial charge in [-0.2, -0.15) is 0 Å². The van der Waals surface area contributed by atoms with Gasteiger partial charge in [0.2, 0.25) is 5.91 Å². The van der Waals surface area contributed by atoms with Crippen molar-refractivity contribution in [3.05, 3.63) is 0 Å². The average Bonchev–Trinajstić information content (AvgIpc) is 2.96. The third kappa shape index (κ3) is 2.31. The molecule has 0 aromatic rings. The number of carbonyl (C=O) groups is 2. The Morgan fingerprint density at radius 2 is 2.00 bits per heavy atom. The van der Waals surface area contributed by atoms with Gasteiger partial charge in [-0.25, -0.2) is 4.79 Å². The number of hydrogen-bond acceptors (Lipinski definition) is 3. The zero-order chi connectivity index (χ0) is 12.4. The molecule has 0 N–H and O–H groups in total. The summed E-state index contributed by atoms with van der Waals surface area (Å²) in [4.78, 5) is 25.4. The van der Waals surface area contributed by atoms with Gasteiger partial charge in [-0.15, -0.1) is 0 Å². The zero-order valence-electron chi connectivity index (χ0n) is 10.6. The van der Waals surface area contributed by atoms with Crippen LogP contribution in [-0.4, -0.2) is 36.0 Å². The predicted octanol–water partition coefficient (Wildman–Crippen LogP) is 1.73. The first-order chi connectivity index (χ1) is 8.15. The van der Waals surface area contributed by atoms with Crippen LogP contribution in [0.25, 0.3) is 0 Å². The maximum absolute atomic E-state index is 11.9. The highest BCUT2D eigenvalue weighted by atomic mass is 16.5. The molecule has 1 saturated heterocycles. The predicted molar refractivity (Wildman–Crippen MR) is 63.3 cm³/mol. The lowest BCUT2D eigenvalue weighted by molar-refractivity contribution is -0.151. The van der Waals surface area contributed by atoms with Gasteiger partial charge in [0.15, 0.2) is 0 Å². The van der Waals surface area contributed by atoms with Crippen LogP contribution in [0.3, 0.4) is 0 Å². The maximum Gasteiger partial charge on any atom is 0.328 e. The molecule has 1 saturated carbocycles. The van der Waals surface area contributed by atoms with Crippen LogP contribution < -0.4 is 0 Å². The first-order valence-electron chi connectivity index (χ1n) is 6.54. The molecule has 1 amide bonds. The molecule has 2 atom stereocenters. The van der Waals surface area contributed by atoms with Gasteiger partial charge in [0.05, 0.1) is 7.11 Å². The Hall–Kier alpha value is -1.06. The quantitative estimate of drug-likeness (QED) is 0.705. The minimum atomic E-state index is -0.344. The second-order valence-electron chi connectivity index (χ2n) is 5.16. The minimum absolute atomic E-state index is 0.111. The van der Waals surface area contributed by atoms with E-state index < -0.39 is 0 Å². The summed E-state index contributed by atoms with van der Waals surface area (Å²) < 4.78 is 4.79. The monoisotopic (exact) mass is 239 g/mol. The summed E-state index contributed by atoms with van der Waals surface area (Å²) in [5.74, 6) is 0.407. The standard InChI is InChI=1S/C13H21NO3/c1-9(10-5-3-4-6-10)14-11(13(16)17-2)7-8-12(14)15/h9-11H,3-8H2,1-2H3. The van der Waals surface area contributed by atoms with Crippen molar-refractivity contribution < 1.29 is 14.3 Å². The topological polar surface area (TPSA) is 46.6 Å². The van der Waals surface area contributed by atoms with Crippen molar-refractivity contribution in [1.82, 2.24) is 4.90 Å². The Morgan fingerprint density at radius 3 is 2.59 bits per heavy atom. The minimum Gasteiger partial charge on any atom is -0.467 e. The highest BCUT2D eigenvalue weighted by Crippen LogP contribution is 2.34. The summed E-state index contributed by atoms with van der Waals surface area (Å²) in [6, 6.07) is -0.167. The number of amides is 1. The summed E-state index contributed by atoms with van der Waals surface area (Å²) >= 11 is 0. The number of rotatable bonds is 3. The van der Waals surface area contributed by atoms with Gasteiger partial charge < -0.3 is 9.64 Å². The Labute approximate surface area is 102 Å². The van der Waals surface area contributed by atoms with E-state index in [2.05, 4.69) is 6.92 Å². The van der Waals surface area contributed by atoms with Crippen LogP contribution in [0.4, 0.5) is 0 Å². The van der Waals surface area contributed by atoms with Crippen molar-refractivity contribution in [2.24, 2.45) is 5.92 Å². The second kappa shape index (κ2) is 5.07. The highest BCUT2D eigenvalue weighted by molar-refractivity contribution is 5.88. The van der Waals surface area contributed by atoms with E-state index in [1.165, 1.54) is 32.8 Å². The van der Waals surface area contributed by atoms with Gasteiger partial charge in [-0.3, -0.25) is 4.79 Å². The molecule has 4 heteroatoms. The summed E-state index contributed by atoms with van der Waals surface area (Å²) in [5.41, 5.74) is 0. The first kappa shape index (κ1) is 12.4. The van der Waals surface area contributed by atoms with Crippen molar-refractivity contribution in [2.45, 2.75) is 57.5 Å². The molecule has 4 nitrogen and oxygen atoms in total. The number of hydrogen-bond donors (Lipinski definition) is 0. The molecule has 0 radical (unpaired) electrons. The lowest BCUT2D eigenvalue weighted by atomic mass is 9.97. The van der Waals surface area contributed by atoms with Gasteiger partial charge in [0.1, 0.15) is 6.04 Å². The van der Waals surface area contributed by atoms with E-state index in [-0.39, 0.29) is 24.0 Å². The second-order valence-corrected chi connectivity index (χ2v) is 5.16. The number of carbonyl (C=O) groups excluding carboxylic acids is 2. The van der Waals surface area contributed by atoms with E-state index in [0.717, 1.165) is 0 Å². The number of esters is 1. The molecule has 96 valence electrons. The molecule has 0 bridgehead atoms. The molecule has 2 unspecified atom stereocenters. The largest absolute Gasteiger partial charge is 0.467 e. The third-order valence-electron chi connectivity index (χ3n) is 4.25. The molecule has 17 heavy (non-hydrogen) atoms. The van der Waals surface area contributed by atoms with E-state index in [1.54, 1.807) is 4.90 Å². The molecule has 2 rings (SSSR count). The lowest BCUT2D eigenvalue weighted by Gasteiger charge is -2.33. The third-order valence-corrected chi connectivity index (χ3v) is 4.25. The summed E-state index contributed by atoms with van der Waals surface area (Å²) in [6.07, 6.45) is 5.96. The fourth-order valence-electron chi connectivity index (χ4n) is 3.25. The van der Waals surface area contributed by atoms with Crippen LogP contribution in [0.15, 0.2) is 0 Å². The molecule has 1 aliphatic heterocycles. The smallest absolute Gasteiger partial charge is 0.328 e. The van der Waals surface area contributed by atoms with Gasteiger partial charge in [-0.1, -0.05) is 12.8 Å². The molecule has 2 fully saturated rings. The molecule has 0 aromatic carbocycles. The van der Waals surface area contributed by atoms with E-state index in [0.29, 0.717) is 18.8 Å². The number of ether oxygens (including phenoxy) is 1. The zero-order valence-corrected chi connectivity index (χ0v) is 10.6. The van der Waals surface area contributed by atoms with Crippen LogP contribution >= 0.6 is 0 Å². The fraction of sp³-hybridized carbons (Fsp3) is 0.846. The molecule has 2 aliphatic rings. The van der Waals surface area contributed by atoms with Crippen molar-refractivity contribution in [2.75, 3.05) is 7.11 Å². The Balaban J connectivity index is 2.09. The van der Waals surface area contributed by atoms with E-state index >= 15 is 0 Å².